The Morgan fingerprint density at radius 1 is 1.35 bits per heavy atom. The molecule has 0 aromatic carbocycles. The highest BCUT2D eigenvalue weighted by molar-refractivity contribution is 7.99. The van der Waals surface area contributed by atoms with Gasteiger partial charge in [-0.2, -0.15) is 0 Å². The summed E-state index contributed by atoms with van der Waals surface area (Å²) in [6.45, 7) is 3.64. The summed E-state index contributed by atoms with van der Waals surface area (Å²) in [4.78, 5) is 27.2. The maximum atomic E-state index is 12.9. The molecule has 5 rings (SSSR count). The number of primary amides is 1. The molecule has 2 unspecified atom stereocenters. The summed E-state index contributed by atoms with van der Waals surface area (Å²) >= 11 is 4.43. The number of nitrogens with two attached hydrogens (primary N) is 1. The van der Waals surface area contributed by atoms with Crippen LogP contribution < -0.4 is 11.1 Å². The molecule has 1 fully saturated rings. The van der Waals surface area contributed by atoms with Crippen LogP contribution in [-0.4, -0.2) is 45.0 Å². The van der Waals surface area contributed by atoms with Gasteiger partial charge in [0, 0.05) is 11.5 Å². The second-order valence-electron chi connectivity index (χ2n) is 8.79. The Balaban J connectivity index is 1.31. The molecule has 4 heterocycles. The van der Waals surface area contributed by atoms with Gasteiger partial charge in [-0.05, 0) is 55.0 Å². The van der Waals surface area contributed by atoms with Crippen molar-refractivity contribution in [2.45, 2.75) is 56.8 Å². The molecule has 1 aliphatic heterocycles. The molecule has 180 valence electrons. The zero-order chi connectivity index (χ0) is 23.7. The lowest BCUT2D eigenvalue weighted by atomic mass is 9.88. The molecule has 0 spiro atoms. The van der Waals surface area contributed by atoms with Gasteiger partial charge in [0.05, 0.1) is 28.8 Å². The highest BCUT2D eigenvalue weighted by Crippen LogP contribution is 2.39. The van der Waals surface area contributed by atoms with E-state index in [-0.39, 0.29) is 17.8 Å². The Labute approximate surface area is 210 Å². The van der Waals surface area contributed by atoms with Gasteiger partial charge in [0.1, 0.15) is 5.00 Å². The Morgan fingerprint density at radius 3 is 2.97 bits per heavy atom. The first-order valence-electron chi connectivity index (χ1n) is 11.4. The molecule has 8 nitrogen and oxygen atoms in total. The number of rotatable bonds is 8. The summed E-state index contributed by atoms with van der Waals surface area (Å²) in [7, 11) is 0. The van der Waals surface area contributed by atoms with Crippen molar-refractivity contribution in [1.29, 1.82) is 0 Å². The second kappa shape index (κ2) is 10.2. The maximum Gasteiger partial charge on any atom is 0.251 e. The Bertz CT molecular complexity index is 1180. The Hall–Kier alpha value is -2.21. The van der Waals surface area contributed by atoms with Crippen molar-refractivity contribution < 1.29 is 14.3 Å². The van der Waals surface area contributed by atoms with E-state index in [1.165, 1.54) is 23.1 Å². The SMILES string of the molecule is CC1CCc2c(sc(NC(=O)CSc3nnc(-c4cccs4)n3CC3CCCO3)c2C(N)=O)C1. The largest absolute Gasteiger partial charge is 0.376 e. The summed E-state index contributed by atoms with van der Waals surface area (Å²) in [5.41, 5.74) is 7.17. The fourth-order valence-corrected chi connectivity index (χ4v) is 7.43. The summed E-state index contributed by atoms with van der Waals surface area (Å²) < 4.78 is 7.89. The van der Waals surface area contributed by atoms with E-state index < -0.39 is 5.91 Å². The molecule has 2 aliphatic rings. The van der Waals surface area contributed by atoms with Crippen LogP contribution in [0.1, 0.15) is 47.0 Å². The van der Waals surface area contributed by atoms with Crippen LogP contribution in [0.15, 0.2) is 22.7 Å². The van der Waals surface area contributed by atoms with Crippen molar-refractivity contribution in [3.8, 4) is 10.7 Å². The van der Waals surface area contributed by atoms with Crippen LogP contribution in [-0.2, 0) is 28.9 Å². The predicted octanol–water partition coefficient (Wildman–Crippen LogP) is 4.20. The van der Waals surface area contributed by atoms with E-state index in [9.17, 15) is 9.59 Å². The molecular formula is C23H27N5O3S3. The number of thiophene rings is 2. The number of fused-ring (bicyclic) bond motifs is 1. The first-order valence-corrected chi connectivity index (χ1v) is 14.1. The first kappa shape index (κ1) is 23.5. The summed E-state index contributed by atoms with van der Waals surface area (Å²) in [5.74, 6) is 0.851. The molecule has 11 heteroatoms. The molecule has 34 heavy (non-hydrogen) atoms. The van der Waals surface area contributed by atoms with Gasteiger partial charge in [0.2, 0.25) is 5.91 Å². The van der Waals surface area contributed by atoms with E-state index in [0.29, 0.717) is 28.2 Å². The molecule has 1 saturated heterocycles. The van der Waals surface area contributed by atoms with Crippen LogP contribution in [0, 0.1) is 5.92 Å². The Morgan fingerprint density at radius 2 is 2.24 bits per heavy atom. The monoisotopic (exact) mass is 517 g/mol. The highest BCUT2D eigenvalue weighted by atomic mass is 32.2. The predicted molar refractivity (Wildman–Crippen MR) is 136 cm³/mol. The zero-order valence-electron chi connectivity index (χ0n) is 18.9. The minimum absolute atomic E-state index is 0.126. The number of ether oxygens (including phenoxy) is 1. The highest BCUT2D eigenvalue weighted by Gasteiger charge is 2.28. The van der Waals surface area contributed by atoms with Crippen molar-refractivity contribution in [2.24, 2.45) is 11.7 Å². The van der Waals surface area contributed by atoms with Gasteiger partial charge in [-0.15, -0.1) is 32.9 Å². The minimum Gasteiger partial charge on any atom is -0.376 e. The van der Waals surface area contributed by atoms with Gasteiger partial charge in [-0.25, -0.2) is 0 Å². The van der Waals surface area contributed by atoms with Gasteiger partial charge in [-0.1, -0.05) is 24.8 Å². The van der Waals surface area contributed by atoms with Crippen LogP contribution in [0.25, 0.3) is 10.7 Å². The van der Waals surface area contributed by atoms with Crippen molar-refractivity contribution >= 4 is 51.3 Å². The maximum absolute atomic E-state index is 12.9. The number of amides is 2. The lowest BCUT2D eigenvalue weighted by Crippen LogP contribution is -2.20. The molecule has 0 radical (unpaired) electrons. The van der Waals surface area contributed by atoms with Gasteiger partial charge in [0.25, 0.3) is 5.91 Å². The van der Waals surface area contributed by atoms with E-state index in [2.05, 4.69) is 27.0 Å². The fraction of sp³-hybridized carbons (Fsp3) is 0.478. The number of nitrogens with zero attached hydrogens (tertiary/aromatic N) is 3. The smallest absolute Gasteiger partial charge is 0.251 e. The average molecular weight is 518 g/mol. The molecule has 3 aromatic heterocycles. The molecular weight excluding hydrogens is 490 g/mol. The third-order valence-corrected chi connectivity index (χ3v) is 9.21. The van der Waals surface area contributed by atoms with Crippen molar-refractivity contribution in [1.82, 2.24) is 14.8 Å². The molecule has 2 amide bonds. The topological polar surface area (TPSA) is 112 Å². The zero-order valence-corrected chi connectivity index (χ0v) is 21.4. The normalized spacial score (nSPS) is 19.8. The molecule has 0 saturated carbocycles. The quantitative estimate of drug-likeness (QED) is 0.433. The standard InChI is InChI=1S/C23H27N5O3S3/c1-13-6-7-15-17(10-13)34-22(19(15)20(24)30)25-18(29)12-33-23-27-26-21(16-5-3-9-32-16)28(23)11-14-4-2-8-31-14/h3,5,9,13-14H,2,4,6-8,10-12H2,1H3,(H2,24,30)(H,25,29). The third-order valence-electron chi connectivity index (χ3n) is 6.21. The first-order chi connectivity index (χ1) is 16.5. The number of nitrogens with one attached hydrogen (secondary N) is 1. The van der Waals surface area contributed by atoms with E-state index in [4.69, 9.17) is 10.5 Å². The average Bonchev–Trinajstić information content (AvgIpc) is 3.59. The summed E-state index contributed by atoms with van der Waals surface area (Å²) in [6, 6.07) is 4.01. The fourth-order valence-electron chi connectivity index (χ4n) is 4.53. The molecule has 0 bridgehead atoms. The Kier molecular flexibility index (Phi) is 7.05. The number of carbonyl (C=O) groups is 2. The van der Waals surface area contributed by atoms with Crippen LogP contribution >= 0.6 is 34.4 Å². The van der Waals surface area contributed by atoms with Crippen LogP contribution in [0.4, 0.5) is 5.00 Å². The molecule has 1 aliphatic carbocycles. The van der Waals surface area contributed by atoms with Crippen molar-refractivity contribution in [3.05, 3.63) is 33.5 Å². The van der Waals surface area contributed by atoms with Gasteiger partial charge in [-0.3, -0.25) is 14.2 Å². The lowest BCUT2D eigenvalue weighted by molar-refractivity contribution is -0.113. The van der Waals surface area contributed by atoms with E-state index in [0.717, 1.165) is 59.9 Å². The molecule has 3 aromatic rings. The molecule has 2 atom stereocenters. The third kappa shape index (κ3) is 4.93. The van der Waals surface area contributed by atoms with E-state index in [1.807, 2.05) is 17.5 Å². The van der Waals surface area contributed by atoms with Gasteiger partial charge >= 0.3 is 0 Å². The summed E-state index contributed by atoms with van der Waals surface area (Å²) in [5, 5.41) is 15.0. The van der Waals surface area contributed by atoms with Crippen LogP contribution in [0.5, 0.6) is 0 Å². The number of thioether (sulfide) groups is 1. The molecule has 3 N–H and O–H groups in total. The summed E-state index contributed by atoms with van der Waals surface area (Å²) in [6.07, 6.45) is 4.96. The van der Waals surface area contributed by atoms with Gasteiger partial charge < -0.3 is 15.8 Å². The van der Waals surface area contributed by atoms with E-state index >= 15 is 0 Å². The number of hydrogen-bond acceptors (Lipinski definition) is 8. The second-order valence-corrected chi connectivity index (χ2v) is 11.8. The number of carbonyl (C=O) groups excluding carboxylic acids is 2. The minimum atomic E-state index is -0.480. The number of hydrogen-bond donors (Lipinski definition) is 2. The van der Waals surface area contributed by atoms with E-state index in [1.54, 1.807) is 11.3 Å². The van der Waals surface area contributed by atoms with Crippen molar-refractivity contribution in [2.75, 3.05) is 17.7 Å². The van der Waals surface area contributed by atoms with Crippen molar-refractivity contribution in [3.63, 3.8) is 0 Å². The number of aromatic nitrogens is 3. The number of anilines is 1. The lowest BCUT2D eigenvalue weighted by Gasteiger charge is -2.18. The van der Waals surface area contributed by atoms with Gasteiger partial charge in [0.15, 0.2) is 11.0 Å². The van der Waals surface area contributed by atoms with Crippen LogP contribution in [0.2, 0.25) is 0 Å². The van der Waals surface area contributed by atoms with Crippen LogP contribution in [0.3, 0.4) is 0 Å².